The highest BCUT2D eigenvalue weighted by molar-refractivity contribution is 7.92. The Bertz CT molecular complexity index is 1380. The molecule has 0 aliphatic rings. The number of hydrogen-bond donors (Lipinski definition) is 2. The van der Waals surface area contributed by atoms with Crippen LogP contribution in [0.3, 0.4) is 0 Å². The number of H-pyrrole nitrogens is 1. The molecule has 2 heterocycles. The summed E-state index contributed by atoms with van der Waals surface area (Å²) in [4.78, 5) is 6.74. The Hall–Kier alpha value is -3.80. The molecule has 0 spiro atoms. The van der Waals surface area contributed by atoms with Gasteiger partial charge in [-0.05, 0) is 36.4 Å². The van der Waals surface area contributed by atoms with Crippen LogP contribution in [0, 0.1) is 23.3 Å². The van der Waals surface area contributed by atoms with E-state index in [1.54, 1.807) is 0 Å². The van der Waals surface area contributed by atoms with Crippen molar-refractivity contribution < 1.29 is 26.0 Å². The van der Waals surface area contributed by atoms with Crippen molar-refractivity contribution in [2.75, 3.05) is 4.72 Å². The molecular weight excluding hydrogens is 438 g/mol. The van der Waals surface area contributed by atoms with E-state index in [9.17, 15) is 21.6 Å². The molecule has 0 bridgehead atoms. The predicted molar refractivity (Wildman–Crippen MR) is 102 cm³/mol. The van der Waals surface area contributed by atoms with Crippen molar-refractivity contribution in [1.82, 2.24) is 20.2 Å². The number of sulfonamides is 1. The van der Waals surface area contributed by atoms with Crippen LogP contribution in [0.25, 0.3) is 22.5 Å². The van der Waals surface area contributed by atoms with Gasteiger partial charge in [0.25, 0.3) is 10.0 Å². The first-order valence-electron chi connectivity index (χ1n) is 8.54. The SMILES string of the molecule is O=S(=O)(Nc1ccc(F)c(-c2[nH]ncc2-c2ccncn2)c1F)c1cc(F)ccc1F. The van der Waals surface area contributed by atoms with Crippen molar-refractivity contribution in [3.05, 3.63) is 78.4 Å². The summed E-state index contributed by atoms with van der Waals surface area (Å²) in [5.41, 5.74) is -0.859. The van der Waals surface area contributed by atoms with Gasteiger partial charge >= 0.3 is 0 Å². The molecule has 2 aromatic heterocycles. The van der Waals surface area contributed by atoms with Gasteiger partial charge in [0.15, 0.2) is 5.82 Å². The standard InChI is InChI=1S/C19H11F4N5O2S/c20-10-1-2-12(21)16(7-10)31(29,30)28-15-4-3-13(22)17(18(15)23)19-11(8-26-27-19)14-5-6-24-9-25-14/h1-9,28H,(H,26,27). The summed E-state index contributed by atoms with van der Waals surface area (Å²) in [6.07, 6.45) is 3.94. The molecular formula is C19H11F4N5O2S. The number of benzene rings is 2. The second-order valence-electron chi connectivity index (χ2n) is 6.22. The average molecular weight is 449 g/mol. The number of nitrogens with zero attached hydrogens (tertiary/aromatic N) is 3. The molecule has 4 aromatic rings. The van der Waals surface area contributed by atoms with Gasteiger partial charge in [-0.25, -0.2) is 35.9 Å². The van der Waals surface area contributed by atoms with Gasteiger partial charge in [-0.2, -0.15) is 5.10 Å². The number of anilines is 1. The molecule has 0 amide bonds. The van der Waals surface area contributed by atoms with Gasteiger partial charge in [0.05, 0.1) is 28.8 Å². The van der Waals surface area contributed by atoms with Crippen molar-refractivity contribution in [1.29, 1.82) is 0 Å². The van der Waals surface area contributed by atoms with Crippen molar-refractivity contribution in [2.24, 2.45) is 0 Å². The first-order chi connectivity index (χ1) is 14.8. The Balaban J connectivity index is 1.80. The second kappa shape index (κ2) is 7.80. The highest BCUT2D eigenvalue weighted by atomic mass is 32.2. The smallest absolute Gasteiger partial charge is 0.265 e. The molecule has 12 heteroatoms. The molecule has 0 unspecified atom stereocenters. The van der Waals surface area contributed by atoms with Crippen molar-refractivity contribution >= 4 is 15.7 Å². The van der Waals surface area contributed by atoms with E-state index >= 15 is 4.39 Å². The average Bonchev–Trinajstić information content (AvgIpc) is 3.22. The monoisotopic (exact) mass is 449 g/mol. The summed E-state index contributed by atoms with van der Waals surface area (Å²) in [5, 5.41) is 6.24. The zero-order valence-corrected chi connectivity index (χ0v) is 16.1. The van der Waals surface area contributed by atoms with Crippen molar-refractivity contribution in [3.63, 3.8) is 0 Å². The Labute approximate surface area is 172 Å². The molecule has 0 aliphatic carbocycles. The van der Waals surface area contributed by atoms with Crippen LogP contribution in [0.2, 0.25) is 0 Å². The minimum Gasteiger partial charge on any atom is -0.277 e. The minimum absolute atomic E-state index is 0.105. The lowest BCUT2D eigenvalue weighted by atomic mass is 10.0. The van der Waals surface area contributed by atoms with Crippen LogP contribution in [0.5, 0.6) is 0 Å². The maximum absolute atomic E-state index is 15.2. The molecule has 7 nitrogen and oxygen atoms in total. The van der Waals surface area contributed by atoms with Gasteiger partial charge in [0, 0.05) is 11.8 Å². The lowest BCUT2D eigenvalue weighted by molar-refractivity contribution is 0.554. The van der Waals surface area contributed by atoms with Gasteiger partial charge in [-0.15, -0.1) is 0 Å². The van der Waals surface area contributed by atoms with Gasteiger partial charge < -0.3 is 0 Å². The summed E-state index contributed by atoms with van der Waals surface area (Å²) in [6.45, 7) is 0. The zero-order valence-electron chi connectivity index (χ0n) is 15.3. The number of aromatic amines is 1. The third-order valence-electron chi connectivity index (χ3n) is 4.27. The Kier molecular flexibility index (Phi) is 5.15. The number of aromatic nitrogens is 4. The molecule has 0 fully saturated rings. The largest absolute Gasteiger partial charge is 0.277 e. The summed E-state index contributed by atoms with van der Waals surface area (Å²) < 4.78 is 83.9. The third kappa shape index (κ3) is 3.84. The number of hydrogen-bond acceptors (Lipinski definition) is 5. The lowest BCUT2D eigenvalue weighted by Gasteiger charge is -2.13. The third-order valence-corrected chi connectivity index (χ3v) is 5.65. The first kappa shape index (κ1) is 20.5. The van der Waals surface area contributed by atoms with Gasteiger partial charge in [-0.3, -0.25) is 9.82 Å². The van der Waals surface area contributed by atoms with Gasteiger partial charge in [0.2, 0.25) is 0 Å². The minimum atomic E-state index is -4.72. The Morgan fingerprint density at radius 1 is 0.968 bits per heavy atom. The summed E-state index contributed by atoms with van der Waals surface area (Å²) >= 11 is 0. The Morgan fingerprint density at radius 3 is 2.48 bits per heavy atom. The quantitative estimate of drug-likeness (QED) is 0.450. The molecule has 158 valence electrons. The molecule has 0 aliphatic heterocycles. The van der Waals surface area contributed by atoms with E-state index in [0.717, 1.165) is 18.2 Å². The zero-order chi connectivity index (χ0) is 22.2. The van der Waals surface area contributed by atoms with E-state index in [4.69, 9.17) is 0 Å². The van der Waals surface area contributed by atoms with E-state index in [2.05, 4.69) is 20.2 Å². The highest BCUT2D eigenvalue weighted by Gasteiger charge is 2.25. The van der Waals surface area contributed by atoms with E-state index in [-0.39, 0.29) is 11.3 Å². The molecule has 2 N–H and O–H groups in total. The van der Waals surface area contributed by atoms with Crippen LogP contribution in [-0.4, -0.2) is 28.6 Å². The molecule has 0 saturated heterocycles. The van der Waals surface area contributed by atoms with E-state index < -0.39 is 49.4 Å². The fourth-order valence-electron chi connectivity index (χ4n) is 2.86. The molecule has 0 atom stereocenters. The van der Waals surface area contributed by atoms with Crippen LogP contribution >= 0.6 is 0 Å². The predicted octanol–water partition coefficient (Wildman–Crippen LogP) is 3.89. The normalized spacial score (nSPS) is 11.5. The fourth-order valence-corrected chi connectivity index (χ4v) is 4.01. The molecule has 2 aromatic carbocycles. The van der Waals surface area contributed by atoms with Crippen LogP contribution in [-0.2, 0) is 10.0 Å². The second-order valence-corrected chi connectivity index (χ2v) is 7.87. The van der Waals surface area contributed by atoms with E-state index in [0.29, 0.717) is 17.8 Å². The van der Waals surface area contributed by atoms with Crippen LogP contribution < -0.4 is 4.72 Å². The first-order valence-corrected chi connectivity index (χ1v) is 10.0. The van der Waals surface area contributed by atoms with Crippen LogP contribution in [0.15, 0.2) is 60.0 Å². The summed E-state index contributed by atoms with van der Waals surface area (Å²) in [5.74, 6) is -4.55. The summed E-state index contributed by atoms with van der Waals surface area (Å²) in [7, 11) is -4.72. The number of nitrogens with one attached hydrogen (secondary N) is 2. The molecule has 31 heavy (non-hydrogen) atoms. The van der Waals surface area contributed by atoms with E-state index in [1.165, 1.54) is 24.8 Å². The van der Waals surface area contributed by atoms with Gasteiger partial charge in [-0.1, -0.05) is 0 Å². The number of halogens is 4. The van der Waals surface area contributed by atoms with E-state index in [1.807, 2.05) is 4.72 Å². The fraction of sp³-hybridized carbons (Fsp3) is 0. The molecule has 0 saturated carbocycles. The van der Waals surface area contributed by atoms with Crippen molar-refractivity contribution in [2.45, 2.75) is 4.90 Å². The molecule has 4 rings (SSSR count). The van der Waals surface area contributed by atoms with Crippen LogP contribution in [0.1, 0.15) is 0 Å². The van der Waals surface area contributed by atoms with Gasteiger partial charge in [0.1, 0.15) is 28.7 Å². The maximum atomic E-state index is 15.2. The number of rotatable bonds is 5. The van der Waals surface area contributed by atoms with Crippen LogP contribution in [0.4, 0.5) is 23.2 Å². The maximum Gasteiger partial charge on any atom is 0.265 e. The molecule has 0 radical (unpaired) electrons. The topological polar surface area (TPSA) is 101 Å². The highest BCUT2D eigenvalue weighted by Crippen LogP contribution is 2.35. The Morgan fingerprint density at radius 2 is 1.74 bits per heavy atom. The lowest BCUT2D eigenvalue weighted by Crippen LogP contribution is -2.16. The van der Waals surface area contributed by atoms with Crippen molar-refractivity contribution in [3.8, 4) is 22.5 Å². The summed E-state index contributed by atoms with van der Waals surface area (Å²) in [6, 6.07) is 4.94.